The number of rotatable bonds is 6. The van der Waals surface area contributed by atoms with Crippen molar-refractivity contribution >= 4 is 11.0 Å². The van der Waals surface area contributed by atoms with Gasteiger partial charge in [-0.15, -0.1) is 0 Å². The molecule has 0 aliphatic carbocycles. The van der Waals surface area contributed by atoms with Gasteiger partial charge in [-0.05, 0) is 36.4 Å². The van der Waals surface area contributed by atoms with E-state index >= 15 is 0 Å². The Kier molecular flexibility index (Phi) is 5.86. The van der Waals surface area contributed by atoms with Gasteiger partial charge < -0.3 is 23.4 Å². The molecule has 0 amide bonds. The largest absolute Gasteiger partial charge is 0.497 e. The zero-order valence-electron chi connectivity index (χ0n) is 19.3. The quantitative estimate of drug-likeness (QED) is 0.382. The molecule has 0 spiro atoms. The van der Waals surface area contributed by atoms with Crippen LogP contribution in [0, 0.1) is 0 Å². The minimum atomic E-state index is -0.439. The first kappa shape index (κ1) is 21.9. The fraction of sp³-hybridized carbons (Fsp3) is 0.222. The zero-order valence-corrected chi connectivity index (χ0v) is 19.3. The standard InChI is InChI=1S/C27H25NO6/c1-30-19-9-10-20(25(13-19)32-3)21-12-17-8-11-24-22(26(17)34-27(21)29)15-28(16-33-24)14-18-6-4-5-7-23(18)31-2/h4-13H,14-16H2,1-3H3. The molecule has 0 unspecified atom stereocenters. The molecule has 7 heteroatoms. The van der Waals surface area contributed by atoms with Gasteiger partial charge in [0, 0.05) is 35.7 Å². The Morgan fingerprint density at radius 1 is 0.882 bits per heavy atom. The summed E-state index contributed by atoms with van der Waals surface area (Å²) in [6, 6.07) is 18.9. The van der Waals surface area contributed by atoms with Crippen LogP contribution in [0.25, 0.3) is 22.1 Å². The third-order valence-corrected chi connectivity index (χ3v) is 6.03. The van der Waals surface area contributed by atoms with Crippen LogP contribution in [0.15, 0.2) is 69.9 Å². The number of para-hydroxylation sites is 1. The fourth-order valence-corrected chi connectivity index (χ4v) is 4.32. The maximum Gasteiger partial charge on any atom is 0.344 e. The number of hydrogen-bond acceptors (Lipinski definition) is 7. The summed E-state index contributed by atoms with van der Waals surface area (Å²) in [5.41, 5.74) is 3.08. The minimum absolute atomic E-state index is 0.426. The second kappa shape index (κ2) is 9.11. The van der Waals surface area contributed by atoms with Crippen LogP contribution in [-0.2, 0) is 13.1 Å². The van der Waals surface area contributed by atoms with E-state index in [-0.39, 0.29) is 0 Å². The number of methoxy groups -OCH3 is 3. The van der Waals surface area contributed by atoms with E-state index in [1.807, 2.05) is 42.5 Å². The van der Waals surface area contributed by atoms with Crippen LogP contribution < -0.4 is 24.6 Å². The molecule has 1 aromatic heterocycles. The summed E-state index contributed by atoms with van der Waals surface area (Å²) < 4.78 is 28.1. The Hall–Kier alpha value is -3.97. The lowest BCUT2D eigenvalue weighted by Crippen LogP contribution is -2.31. The number of nitrogens with zero attached hydrogens (tertiary/aromatic N) is 1. The number of fused-ring (bicyclic) bond motifs is 3. The van der Waals surface area contributed by atoms with Crippen LogP contribution in [0.2, 0.25) is 0 Å². The molecule has 0 radical (unpaired) electrons. The predicted octanol–water partition coefficient (Wildman–Crippen LogP) is 4.84. The van der Waals surface area contributed by atoms with Gasteiger partial charge in [-0.2, -0.15) is 0 Å². The van der Waals surface area contributed by atoms with Gasteiger partial charge in [0.2, 0.25) is 0 Å². The first-order chi connectivity index (χ1) is 16.6. The molecular weight excluding hydrogens is 434 g/mol. The number of hydrogen-bond donors (Lipinski definition) is 0. The lowest BCUT2D eigenvalue weighted by Gasteiger charge is -2.29. The van der Waals surface area contributed by atoms with Gasteiger partial charge in [-0.25, -0.2) is 4.79 Å². The maximum atomic E-state index is 13.1. The second-order valence-electron chi connectivity index (χ2n) is 8.05. The lowest BCUT2D eigenvalue weighted by atomic mass is 10.0. The Bertz CT molecular complexity index is 1410. The highest BCUT2D eigenvalue weighted by molar-refractivity contribution is 5.87. The van der Waals surface area contributed by atoms with Gasteiger partial charge >= 0.3 is 5.63 Å². The predicted molar refractivity (Wildman–Crippen MR) is 129 cm³/mol. The van der Waals surface area contributed by atoms with Crippen molar-refractivity contribution < 1.29 is 23.4 Å². The summed E-state index contributed by atoms with van der Waals surface area (Å²) in [6.07, 6.45) is 0. The molecule has 1 aliphatic heterocycles. The topological polar surface area (TPSA) is 70.4 Å². The molecule has 0 fully saturated rings. The van der Waals surface area contributed by atoms with Crippen molar-refractivity contribution in [1.29, 1.82) is 0 Å². The smallest absolute Gasteiger partial charge is 0.344 e. The molecule has 0 N–H and O–H groups in total. The summed E-state index contributed by atoms with van der Waals surface area (Å²) in [4.78, 5) is 15.2. The van der Waals surface area contributed by atoms with Crippen molar-refractivity contribution in [2.24, 2.45) is 0 Å². The molecule has 34 heavy (non-hydrogen) atoms. The van der Waals surface area contributed by atoms with Crippen molar-refractivity contribution in [1.82, 2.24) is 4.90 Å². The average molecular weight is 459 g/mol. The van der Waals surface area contributed by atoms with Gasteiger partial charge in [0.05, 0.1) is 32.5 Å². The minimum Gasteiger partial charge on any atom is -0.497 e. The molecule has 174 valence electrons. The van der Waals surface area contributed by atoms with E-state index in [2.05, 4.69) is 4.90 Å². The second-order valence-corrected chi connectivity index (χ2v) is 8.05. The van der Waals surface area contributed by atoms with Crippen molar-refractivity contribution in [2.75, 3.05) is 28.1 Å². The van der Waals surface area contributed by atoms with E-state index in [9.17, 15) is 4.79 Å². The summed E-state index contributed by atoms with van der Waals surface area (Å²) in [5, 5.41) is 0.814. The van der Waals surface area contributed by atoms with E-state index in [1.54, 1.807) is 39.5 Å². The molecule has 0 saturated carbocycles. The SMILES string of the molecule is COc1ccc(-c2cc3ccc4c(c3oc2=O)CN(Cc2ccccc2OC)CO4)c(OC)c1. The molecule has 0 bridgehead atoms. The van der Waals surface area contributed by atoms with Gasteiger partial charge in [-0.3, -0.25) is 4.90 Å². The maximum absolute atomic E-state index is 13.1. The average Bonchev–Trinajstić information content (AvgIpc) is 2.88. The molecule has 2 heterocycles. The van der Waals surface area contributed by atoms with Crippen molar-refractivity contribution in [3.8, 4) is 34.1 Å². The van der Waals surface area contributed by atoms with Crippen LogP contribution >= 0.6 is 0 Å². The van der Waals surface area contributed by atoms with Crippen LogP contribution in [-0.4, -0.2) is 33.0 Å². The lowest BCUT2D eigenvalue weighted by molar-refractivity contribution is 0.0882. The van der Waals surface area contributed by atoms with Crippen LogP contribution in [0.5, 0.6) is 23.0 Å². The van der Waals surface area contributed by atoms with Gasteiger partial charge in [0.25, 0.3) is 0 Å². The Morgan fingerprint density at radius 3 is 2.50 bits per heavy atom. The van der Waals surface area contributed by atoms with E-state index in [0.29, 0.717) is 48.0 Å². The summed E-state index contributed by atoms with van der Waals surface area (Å²) in [7, 11) is 4.81. The first-order valence-electron chi connectivity index (χ1n) is 10.9. The van der Waals surface area contributed by atoms with Crippen molar-refractivity contribution in [3.63, 3.8) is 0 Å². The van der Waals surface area contributed by atoms with E-state index < -0.39 is 5.63 Å². The highest BCUT2D eigenvalue weighted by atomic mass is 16.5. The molecule has 4 aromatic rings. The Morgan fingerprint density at radius 2 is 1.71 bits per heavy atom. The van der Waals surface area contributed by atoms with Gasteiger partial charge in [-0.1, -0.05) is 18.2 Å². The van der Waals surface area contributed by atoms with Crippen LogP contribution in [0.1, 0.15) is 11.1 Å². The molecule has 5 rings (SSSR count). The molecule has 1 aliphatic rings. The first-order valence-corrected chi connectivity index (χ1v) is 10.9. The summed E-state index contributed by atoms with van der Waals surface area (Å²) in [5.74, 6) is 2.74. The Labute approximate surface area is 197 Å². The van der Waals surface area contributed by atoms with Gasteiger partial charge in [0.1, 0.15) is 35.3 Å². The van der Waals surface area contributed by atoms with E-state index in [4.69, 9.17) is 23.4 Å². The highest BCUT2D eigenvalue weighted by Crippen LogP contribution is 2.36. The van der Waals surface area contributed by atoms with Crippen molar-refractivity contribution in [3.05, 3.63) is 82.2 Å². The normalized spacial score (nSPS) is 13.3. The molecule has 3 aromatic carbocycles. The summed E-state index contributed by atoms with van der Waals surface area (Å²) in [6.45, 7) is 1.66. The monoisotopic (exact) mass is 459 g/mol. The number of ether oxygens (including phenoxy) is 4. The highest BCUT2D eigenvalue weighted by Gasteiger charge is 2.23. The molecule has 0 atom stereocenters. The Balaban J connectivity index is 1.52. The van der Waals surface area contributed by atoms with Crippen molar-refractivity contribution in [2.45, 2.75) is 13.1 Å². The van der Waals surface area contributed by atoms with Crippen LogP contribution in [0.3, 0.4) is 0 Å². The zero-order chi connectivity index (χ0) is 23.7. The molecule has 7 nitrogen and oxygen atoms in total. The number of benzene rings is 3. The fourth-order valence-electron chi connectivity index (χ4n) is 4.32. The van der Waals surface area contributed by atoms with E-state index in [0.717, 1.165) is 28.0 Å². The molecular formula is C27H25NO6. The third kappa shape index (κ3) is 3.95. The third-order valence-electron chi connectivity index (χ3n) is 6.03. The summed E-state index contributed by atoms with van der Waals surface area (Å²) >= 11 is 0. The molecule has 0 saturated heterocycles. The van der Waals surface area contributed by atoms with Crippen LogP contribution in [0.4, 0.5) is 0 Å². The van der Waals surface area contributed by atoms with Gasteiger partial charge in [0.15, 0.2) is 0 Å². The van der Waals surface area contributed by atoms with E-state index in [1.165, 1.54) is 0 Å².